The predicted molar refractivity (Wildman–Crippen MR) is 100 cm³/mol. The zero-order chi connectivity index (χ0) is 18.1. The minimum Gasteiger partial charge on any atom is -0.481 e. The van der Waals surface area contributed by atoms with Crippen LogP contribution in [0.2, 0.25) is 0 Å². The topological polar surface area (TPSA) is 77.2 Å². The van der Waals surface area contributed by atoms with E-state index >= 15 is 0 Å². The van der Waals surface area contributed by atoms with E-state index < -0.39 is 18.0 Å². The molecule has 0 saturated carbocycles. The largest absolute Gasteiger partial charge is 0.481 e. The number of para-hydroxylation sites is 1. The van der Waals surface area contributed by atoms with Crippen molar-refractivity contribution in [3.63, 3.8) is 0 Å². The summed E-state index contributed by atoms with van der Waals surface area (Å²) in [4.78, 5) is 14.9. The SMILES string of the molecule is O=C(O)CC1(O)c2ccccc2-[n+]2ccc3c([nH]c4cc(Br)ccc43)c21. The lowest BCUT2D eigenvalue weighted by atomic mass is 9.88. The third-order valence-electron chi connectivity index (χ3n) is 5.08. The summed E-state index contributed by atoms with van der Waals surface area (Å²) < 4.78 is 2.83. The average Bonchev–Trinajstić information content (AvgIpc) is 3.08. The Hall–Kier alpha value is -2.70. The standard InChI is InChI=1S/C20H13BrN2O3/c21-11-5-6-12-13-7-8-23-16-4-2-1-3-14(16)20(26,10-17(24)25)19(23)18(13)22-15(12)9-11/h1-9,26H,10H2,(H,24,25)/p+1. The molecule has 3 N–H and O–H groups in total. The molecule has 0 amide bonds. The molecule has 26 heavy (non-hydrogen) atoms. The number of carbonyl (C=O) groups is 1. The van der Waals surface area contributed by atoms with Crippen molar-refractivity contribution in [1.29, 1.82) is 0 Å². The van der Waals surface area contributed by atoms with Crippen LogP contribution in [-0.2, 0) is 10.4 Å². The number of benzene rings is 2. The summed E-state index contributed by atoms with van der Waals surface area (Å²) in [5, 5.41) is 22.9. The number of aromatic nitrogens is 2. The fourth-order valence-electron chi connectivity index (χ4n) is 4.06. The third-order valence-corrected chi connectivity index (χ3v) is 5.57. The number of aliphatic hydroxyl groups is 1. The molecular formula is C20H14BrN2O3+. The normalized spacial score (nSPS) is 18.2. The Morgan fingerprint density at radius 1 is 1.15 bits per heavy atom. The molecule has 0 aliphatic carbocycles. The molecule has 2 aromatic heterocycles. The maximum Gasteiger partial charge on any atom is 0.307 e. The van der Waals surface area contributed by atoms with Gasteiger partial charge in [0.25, 0.3) is 0 Å². The number of carboxylic acids is 1. The van der Waals surface area contributed by atoms with Crippen molar-refractivity contribution in [3.05, 3.63) is 70.5 Å². The molecule has 128 valence electrons. The predicted octanol–water partition coefficient (Wildman–Crippen LogP) is 3.38. The summed E-state index contributed by atoms with van der Waals surface area (Å²) in [5.74, 6) is -1.05. The summed E-state index contributed by atoms with van der Waals surface area (Å²) >= 11 is 3.48. The van der Waals surface area contributed by atoms with Gasteiger partial charge in [-0.1, -0.05) is 34.1 Å². The Balaban J connectivity index is 1.93. The number of rotatable bonds is 2. The molecule has 2 aromatic carbocycles. The zero-order valence-electron chi connectivity index (χ0n) is 13.5. The zero-order valence-corrected chi connectivity index (χ0v) is 15.1. The van der Waals surface area contributed by atoms with Gasteiger partial charge in [-0.3, -0.25) is 4.79 Å². The van der Waals surface area contributed by atoms with Crippen LogP contribution in [0.1, 0.15) is 17.7 Å². The molecule has 5 nitrogen and oxygen atoms in total. The fourth-order valence-corrected chi connectivity index (χ4v) is 4.42. The van der Waals surface area contributed by atoms with Crippen LogP contribution in [0.25, 0.3) is 27.5 Å². The van der Waals surface area contributed by atoms with Gasteiger partial charge in [-0.2, -0.15) is 4.57 Å². The van der Waals surface area contributed by atoms with Crippen molar-refractivity contribution >= 4 is 43.7 Å². The lowest BCUT2D eigenvalue weighted by Crippen LogP contribution is -2.37. The van der Waals surface area contributed by atoms with Crippen molar-refractivity contribution in [3.8, 4) is 5.69 Å². The third kappa shape index (κ3) is 1.94. The highest BCUT2D eigenvalue weighted by Crippen LogP contribution is 2.43. The molecule has 1 atom stereocenters. The molecule has 0 bridgehead atoms. The molecule has 1 unspecified atom stereocenters. The minimum atomic E-state index is -1.60. The molecule has 4 aromatic rings. The Kier molecular flexibility index (Phi) is 3.08. The highest BCUT2D eigenvalue weighted by Gasteiger charge is 2.52. The first-order valence-electron chi connectivity index (χ1n) is 8.19. The summed E-state index contributed by atoms with van der Waals surface area (Å²) in [7, 11) is 0. The number of fused-ring (bicyclic) bond motifs is 7. The van der Waals surface area contributed by atoms with Crippen LogP contribution in [0.15, 0.2) is 59.2 Å². The lowest BCUT2D eigenvalue weighted by Gasteiger charge is -2.17. The number of aliphatic carboxylic acids is 1. The number of aromatic amines is 1. The number of nitrogens with zero attached hydrogens (tertiary/aromatic N) is 1. The van der Waals surface area contributed by atoms with Gasteiger partial charge in [0.1, 0.15) is 5.52 Å². The fraction of sp³-hybridized carbons (Fsp3) is 0.100. The van der Waals surface area contributed by atoms with Crippen molar-refractivity contribution in [2.24, 2.45) is 0 Å². The molecule has 3 heterocycles. The summed E-state index contributed by atoms with van der Waals surface area (Å²) in [6.45, 7) is 0. The van der Waals surface area contributed by atoms with Crippen molar-refractivity contribution in [1.82, 2.24) is 4.98 Å². The minimum absolute atomic E-state index is 0.401. The van der Waals surface area contributed by atoms with Crippen LogP contribution in [0.3, 0.4) is 0 Å². The van der Waals surface area contributed by atoms with Gasteiger partial charge in [0.05, 0.1) is 12.0 Å². The summed E-state index contributed by atoms with van der Waals surface area (Å²) in [6, 6.07) is 15.3. The van der Waals surface area contributed by atoms with E-state index in [0.717, 1.165) is 32.0 Å². The van der Waals surface area contributed by atoms with Gasteiger partial charge in [-0.25, -0.2) is 0 Å². The maximum atomic E-state index is 11.5. The highest BCUT2D eigenvalue weighted by molar-refractivity contribution is 9.10. The number of carboxylic acid groups (broad SMARTS) is 1. The van der Waals surface area contributed by atoms with Gasteiger partial charge >= 0.3 is 5.97 Å². The number of pyridine rings is 1. The van der Waals surface area contributed by atoms with Crippen LogP contribution in [0, 0.1) is 0 Å². The quantitative estimate of drug-likeness (QED) is 0.444. The van der Waals surface area contributed by atoms with E-state index in [1.165, 1.54) is 0 Å². The number of H-pyrrole nitrogens is 1. The van der Waals surface area contributed by atoms with Gasteiger partial charge < -0.3 is 15.2 Å². The Labute approximate surface area is 156 Å². The van der Waals surface area contributed by atoms with Crippen LogP contribution >= 0.6 is 15.9 Å². The van der Waals surface area contributed by atoms with E-state index in [0.29, 0.717) is 11.3 Å². The first-order chi connectivity index (χ1) is 12.5. The van der Waals surface area contributed by atoms with E-state index in [1.54, 1.807) is 6.07 Å². The molecular weight excluding hydrogens is 396 g/mol. The molecule has 5 rings (SSSR count). The van der Waals surface area contributed by atoms with Gasteiger partial charge in [-0.15, -0.1) is 0 Å². The second-order valence-corrected chi connectivity index (χ2v) is 7.50. The van der Waals surface area contributed by atoms with Gasteiger partial charge in [0.15, 0.2) is 11.8 Å². The van der Waals surface area contributed by atoms with Crippen molar-refractivity contribution < 1.29 is 19.6 Å². The lowest BCUT2D eigenvalue weighted by molar-refractivity contribution is -0.600. The van der Waals surface area contributed by atoms with Crippen molar-refractivity contribution in [2.45, 2.75) is 12.0 Å². The van der Waals surface area contributed by atoms with Crippen LogP contribution in [0.5, 0.6) is 0 Å². The monoisotopic (exact) mass is 409 g/mol. The number of nitrogens with one attached hydrogen (secondary N) is 1. The number of hydrogen-bond acceptors (Lipinski definition) is 2. The Bertz CT molecular complexity index is 1230. The molecule has 1 aliphatic rings. The van der Waals surface area contributed by atoms with E-state index in [-0.39, 0.29) is 0 Å². The van der Waals surface area contributed by atoms with Gasteiger partial charge in [0.2, 0.25) is 11.4 Å². The maximum absolute atomic E-state index is 11.5. The second kappa shape index (κ2) is 5.16. The average molecular weight is 410 g/mol. The second-order valence-electron chi connectivity index (χ2n) is 6.59. The van der Waals surface area contributed by atoms with Crippen LogP contribution in [-0.4, -0.2) is 21.2 Å². The van der Waals surface area contributed by atoms with E-state index in [1.807, 2.05) is 53.2 Å². The van der Waals surface area contributed by atoms with Crippen molar-refractivity contribution in [2.75, 3.05) is 0 Å². The Morgan fingerprint density at radius 3 is 2.77 bits per heavy atom. The highest BCUT2D eigenvalue weighted by atomic mass is 79.9. The van der Waals surface area contributed by atoms with E-state index in [9.17, 15) is 15.0 Å². The molecule has 1 aliphatic heterocycles. The summed E-state index contributed by atoms with van der Waals surface area (Å²) in [5.41, 5.74) is 2.05. The smallest absolute Gasteiger partial charge is 0.307 e. The number of hydrogen-bond donors (Lipinski definition) is 3. The van der Waals surface area contributed by atoms with Crippen LogP contribution < -0.4 is 4.57 Å². The van der Waals surface area contributed by atoms with Crippen LogP contribution in [0.4, 0.5) is 0 Å². The number of halogens is 1. The first-order valence-corrected chi connectivity index (χ1v) is 8.98. The van der Waals surface area contributed by atoms with Gasteiger partial charge in [-0.05, 0) is 18.2 Å². The van der Waals surface area contributed by atoms with E-state index in [4.69, 9.17) is 0 Å². The van der Waals surface area contributed by atoms with E-state index in [2.05, 4.69) is 20.9 Å². The molecule has 0 fully saturated rings. The first kappa shape index (κ1) is 15.5. The molecule has 0 radical (unpaired) electrons. The summed E-state index contributed by atoms with van der Waals surface area (Å²) in [6.07, 6.45) is 1.49. The Morgan fingerprint density at radius 2 is 1.96 bits per heavy atom. The van der Waals surface area contributed by atoms with Gasteiger partial charge in [0, 0.05) is 32.9 Å². The molecule has 0 spiro atoms. The molecule has 0 saturated heterocycles. The molecule has 6 heteroatoms.